The monoisotopic (exact) mass is 298 g/mol. The normalized spacial score (nSPS) is 10.6. The Morgan fingerprint density at radius 2 is 1.10 bits per heavy atom. The fourth-order valence-electron chi connectivity index (χ4n) is 2.45. The van der Waals surface area contributed by atoms with Gasteiger partial charge in [0.15, 0.2) is 0 Å². The summed E-state index contributed by atoms with van der Waals surface area (Å²) in [4.78, 5) is 22.6. The Hall–Kier alpha value is -0.860. The summed E-state index contributed by atoms with van der Waals surface area (Å²) in [5.41, 5.74) is 0. The first-order valence-corrected chi connectivity index (χ1v) is 8.79. The lowest BCUT2D eigenvalue weighted by atomic mass is 10.0. The summed E-state index contributed by atoms with van der Waals surface area (Å²) in [6.45, 7) is 2.24. The number of hydrogen-bond donors (Lipinski definition) is 0. The van der Waals surface area contributed by atoms with Gasteiger partial charge in [0.05, 0.1) is 7.11 Å². The number of unbranched alkanes of at least 4 members (excludes halogenated alkanes) is 9. The number of esters is 1. The van der Waals surface area contributed by atoms with Crippen molar-refractivity contribution in [1.29, 1.82) is 0 Å². The Balaban J connectivity index is 3.21. The van der Waals surface area contributed by atoms with E-state index in [1.54, 1.807) is 0 Å². The van der Waals surface area contributed by atoms with Crippen LogP contribution >= 0.6 is 0 Å². The van der Waals surface area contributed by atoms with Gasteiger partial charge in [-0.25, -0.2) is 0 Å². The van der Waals surface area contributed by atoms with E-state index >= 15 is 0 Å². The average Bonchev–Trinajstić information content (AvgIpc) is 2.49. The van der Waals surface area contributed by atoms with E-state index in [9.17, 15) is 9.59 Å². The molecular weight excluding hydrogens is 264 g/mol. The molecule has 0 amide bonds. The number of hydrogen-bond acceptors (Lipinski definition) is 3. The highest BCUT2D eigenvalue weighted by Crippen LogP contribution is 2.12. The number of ether oxygens (including phenoxy) is 1. The smallest absolute Gasteiger partial charge is 0.305 e. The van der Waals surface area contributed by atoms with Crippen molar-refractivity contribution in [2.45, 2.75) is 96.8 Å². The molecule has 0 aromatic carbocycles. The number of Topliss-reactive ketones (excluding diaryl/α,β-unsaturated/α-hetero) is 1. The number of rotatable bonds is 15. The lowest BCUT2D eigenvalue weighted by Gasteiger charge is -2.03. The minimum atomic E-state index is -0.179. The first-order valence-electron chi connectivity index (χ1n) is 8.79. The van der Waals surface area contributed by atoms with Gasteiger partial charge in [-0.3, -0.25) is 9.59 Å². The van der Waals surface area contributed by atoms with Crippen LogP contribution in [0.3, 0.4) is 0 Å². The van der Waals surface area contributed by atoms with E-state index in [0.29, 0.717) is 25.0 Å². The molecule has 0 saturated carbocycles. The molecule has 3 nitrogen and oxygen atoms in total. The van der Waals surface area contributed by atoms with Crippen molar-refractivity contribution in [3.05, 3.63) is 0 Å². The van der Waals surface area contributed by atoms with E-state index in [1.165, 1.54) is 58.5 Å². The minimum Gasteiger partial charge on any atom is -0.469 e. The zero-order valence-corrected chi connectivity index (χ0v) is 14.1. The van der Waals surface area contributed by atoms with E-state index in [-0.39, 0.29) is 5.97 Å². The molecule has 0 aliphatic carbocycles. The zero-order valence-electron chi connectivity index (χ0n) is 14.1. The van der Waals surface area contributed by atoms with Gasteiger partial charge in [0.25, 0.3) is 0 Å². The van der Waals surface area contributed by atoms with Crippen LogP contribution in [0.25, 0.3) is 0 Å². The molecular formula is C18H34O3. The Kier molecular flexibility index (Phi) is 14.9. The second-order valence-corrected chi connectivity index (χ2v) is 5.90. The van der Waals surface area contributed by atoms with Gasteiger partial charge in [0, 0.05) is 19.3 Å². The van der Waals surface area contributed by atoms with Gasteiger partial charge in [-0.2, -0.15) is 0 Å². The summed E-state index contributed by atoms with van der Waals surface area (Å²) in [5.74, 6) is 0.171. The molecule has 0 bridgehead atoms. The van der Waals surface area contributed by atoms with Crippen molar-refractivity contribution in [3.63, 3.8) is 0 Å². The van der Waals surface area contributed by atoms with E-state index in [2.05, 4.69) is 11.7 Å². The quantitative estimate of drug-likeness (QED) is 0.308. The Morgan fingerprint density at radius 3 is 1.62 bits per heavy atom. The molecule has 0 aliphatic heterocycles. The summed E-state index contributed by atoms with van der Waals surface area (Å²) in [6.07, 6.45) is 14.9. The minimum absolute atomic E-state index is 0.179. The fourth-order valence-corrected chi connectivity index (χ4v) is 2.45. The van der Waals surface area contributed by atoms with Crippen LogP contribution in [0.2, 0.25) is 0 Å². The van der Waals surface area contributed by atoms with Crippen LogP contribution in [0.1, 0.15) is 96.8 Å². The maximum atomic E-state index is 11.6. The van der Waals surface area contributed by atoms with Crippen LogP contribution in [0.5, 0.6) is 0 Å². The molecule has 0 radical (unpaired) electrons. The summed E-state index contributed by atoms with van der Waals surface area (Å²) in [7, 11) is 1.40. The van der Waals surface area contributed by atoms with Gasteiger partial charge in [-0.15, -0.1) is 0 Å². The highest BCUT2D eigenvalue weighted by atomic mass is 16.5. The number of carbonyl (C=O) groups excluding carboxylic acids is 2. The van der Waals surface area contributed by atoms with Crippen LogP contribution in [-0.4, -0.2) is 18.9 Å². The van der Waals surface area contributed by atoms with Crippen LogP contribution in [0.4, 0.5) is 0 Å². The fraction of sp³-hybridized carbons (Fsp3) is 0.889. The summed E-state index contributed by atoms with van der Waals surface area (Å²) >= 11 is 0. The van der Waals surface area contributed by atoms with Gasteiger partial charge in [0.1, 0.15) is 5.78 Å². The highest BCUT2D eigenvalue weighted by molar-refractivity contribution is 5.78. The maximum absolute atomic E-state index is 11.6. The van der Waals surface area contributed by atoms with Crippen molar-refractivity contribution in [1.82, 2.24) is 0 Å². The summed E-state index contributed by atoms with van der Waals surface area (Å²) < 4.78 is 4.57. The molecule has 0 fully saturated rings. The molecule has 0 atom stereocenters. The zero-order chi connectivity index (χ0) is 15.8. The third kappa shape index (κ3) is 15.3. The van der Waals surface area contributed by atoms with E-state index in [1.807, 2.05) is 0 Å². The van der Waals surface area contributed by atoms with E-state index in [4.69, 9.17) is 0 Å². The largest absolute Gasteiger partial charge is 0.469 e. The maximum Gasteiger partial charge on any atom is 0.305 e. The summed E-state index contributed by atoms with van der Waals surface area (Å²) in [5, 5.41) is 0. The molecule has 0 N–H and O–H groups in total. The number of methoxy groups -OCH3 is 1. The molecule has 0 saturated heterocycles. The molecule has 0 aromatic rings. The number of carbonyl (C=O) groups is 2. The summed E-state index contributed by atoms with van der Waals surface area (Å²) in [6, 6.07) is 0. The van der Waals surface area contributed by atoms with Gasteiger partial charge in [-0.1, -0.05) is 58.3 Å². The standard InChI is InChI=1S/C18H34O3/c1-3-4-5-6-7-8-9-10-11-14-17(19)15-12-13-16-18(20)21-2/h3-16H2,1-2H3. The molecule has 0 aromatic heterocycles. The third-order valence-corrected chi connectivity index (χ3v) is 3.87. The molecule has 0 spiro atoms. The second kappa shape index (κ2) is 15.5. The van der Waals surface area contributed by atoms with E-state index < -0.39 is 0 Å². The molecule has 0 heterocycles. The van der Waals surface area contributed by atoms with Crippen molar-refractivity contribution < 1.29 is 14.3 Å². The molecule has 0 aliphatic rings. The van der Waals surface area contributed by atoms with Crippen LogP contribution < -0.4 is 0 Å². The Labute approximate surface area is 130 Å². The molecule has 21 heavy (non-hydrogen) atoms. The first kappa shape index (κ1) is 20.1. The Bertz CT molecular complexity index is 261. The average molecular weight is 298 g/mol. The van der Waals surface area contributed by atoms with Gasteiger partial charge in [0.2, 0.25) is 0 Å². The van der Waals surface area contributed by atoms with Crippen LogP contribution in [0, 0.1) is 0 Å². The molecule has 3 heteroatoms. The third-order valence-electron chi connectivity index (χ3n) is 3.87. The number of ketones is 1. The topological polar surface area (TPSA) is 43.4 Å². The second-order valence-electron chi connectivity index (χ2n) is 5.90. The lowest BCUT2D eigenvalue weighted by Crippen LogP contribution is -2.01. The predicted molar refractivity (Wildman–Crippen MR) is 87.3 cm³/mol. The van der Waals surface area contributed by atoms with Crippen molar-refractivity contribution >= 4 is 11.8 Å². The van der Waals surface area contributed by atoms with Crippen molar-refractivity contribution in [2.24, 2.45) is 0 Å². The molecule has 0 unspecified atom stereocenters. The molecule has 124 valence electrons. The predicted octanol–water partition coefficient (Wildman–Crippen LogP) is 5.21. The highest BCUT2D eigenvalue weighted by Gasteiger charge is 2.04. The van der Waals surface area contributed by atoms with Crippen molar-refractivity contribution in [3.8, 4) is 0 Å². The van der Waals surface area contributed by atoms with Crippen LogP contribution in [0.15, 0.2) is 0 Å². The Morgan fingerprint density at radius 1 is 0.667 bits per heavy atom. The van der Waals surface area contributed by atoms with Crippen molar-refractivity contribution in [2.75, 3.05) is 7.11 Å². The van der Waals surface area contributed by atoms with Gasteiger partial charge in [-0.05, 0) is 19.3 Å². The van der Waals surface area contributed by atoms with E-state index in [0.717, 1.165) is 19.3 Å². The van der Waals surface area contributed by atoms with Gasteiger partial charge < -0.3 is 4.74 Å². The molecule has 0 rings (SSSR count). The van der Waals surface area contributed by atoms with Crippen LogP contribution in [-0.2, 0) is 14.3 Å². The first-order chi connectivity index (χ1) is 10.2. The SMILES string of the molecule is CCCCCCCCCCCC(=O)CCCCC(=O)OC. The lowest BCUT2D eigenvalue weighted by molar-refractivity contribution is -0.140. The van der Waals surface area contributed by atoms with Gasteiger partial charge >= 0.3 is 5.97 Å².